The van der Waals surface area contributed by atoms with Crippen molar-refractivity contribution in [2.45, 2.75) is 0 Å². The Labute approximate surface area is 284 Å². The first kappa shape index (κ1) is 28.6. The van der Waals surface area contributed by atoms with Gasteiger partial charge in [-0.1, -0.05) is 146 Å². The lowest BCUT2D eigenvalue weighted by Crippen LogP contribution is -2.00. The number of hydrogen-bond donors (Lipinski definition) is 0. The van der Waals surface area contributed by atoms with Crippen LogP contribution in [-0.2, 0) is 0 Å². The highest BCUT2D eigenvalue weighted by molar-refractivity contribution is 6.13. The Morgan fingerprint density at radius 2 is 0.755 bits per heavy atom. The minimum Gasteiger partial charge on any atom is -0.456 e. The number of furan rings is 1. The van der Waals surface area contributed by atoms with Crippen molar-refractivity contribution in [1.29, 1.82) is 0 Å². The summed E-state index contributed by atoms with van der Waals surface area (Å²) in [6, 6.07) is 60.4. The Morgan fingerprint density at radius 3 is 1.33 bits per heavy atom. The number of para-hydroxylation sites is 1. The Hall–Kier alpha value is -6.65. The molecule has 0 spiro atoms. The van der Waals surface area contributed by atoms with E-state index in [1.165, 1.54) is 0 Å². The molecule has 0 saturated heterocycles. The molecule has 4 heteroatoms. The van der Waals surface area contributed by atoms with E-state index in [4.69, 9.17) is 19.4 Å². The molecule has 0 fully saturated rings. The van der Waals surface area contributed by atoms with Gasteiger partial charge in [0.1, 0.15) is 11.2 Å². The van der Waals surface area contributed by atoms with Gasteiger partial charge in [-0.15, -0.1) is 0 Å². The van der Waals surface area contributed by atoms with Crippen LogP contribution in [0.5, 0.6) is 0 Å². The number of benzene rings is 7. The molecule has 0 aliphatic heterocycles. The zero-order chi connectivity index (χ0) is 32.6. The van der Waals surface area contributed by atoms with Crippen molar-refractivity contribution in [2.75, 3.05) is 0 Å². The molecule has 0 radical (unpaired) electrons. The quantitative estimate of drug-likeness (QED) is 0.184. The third-order valence-electron chi connectivity index (χ3n) is 8.91. The van der Waals surface area contributed by atoms with Gasteiger partial charge >= 0.3 is 0 Å². The van der Waals surface area contributed by atoms with Gasteiger partial charge in [0.05, 0.1) is 0 Å². The lowest BCUT2D eigenvalue weighted by molar-refractivity contribution is 0.669. The standard InChI is InChI=1S/C45H29N3O/c1-4-14-30(15-5-1)33-20-12-22-35(26-33)43-46-44(36-23-13-21-34(27-36)31-16-6-2-7-17-31)48-45(47-43)37-28-39(32-18-8-3-9-19-32)42-38-24-10-11-25-40(38)49-41(42)29-37/h1-29H. The maximum atomic E-state index is 6.46. The van der Waals surface area contributed by atoms with E-state index < -0.39 is 0 Å². The predicted molar refractivity (Wildman–Crippen MR) is 200 cm³/mol. The van der Waals surface area contributed by atoms with Crippen LogP contribution >= 0.6 is 0 Å². The molecule has 0 bridgehead atoms. The zero-order valence-electron chi connectivity index (χ0n) is 26.5. The van der Waals surface area contributed by atoms with E-state index in [2.05, 4.69) is 146 Å². The van der Waals surface area contributed by atoms with Gasteiger partial charge in [-0.25, -0.2) is 15.0 Å². The van der Waals surface area contributed by atoms with E-state index in [9.17, 15) is 0 Å². The minimum absolute atomic E-state index is 0.578. The molecule has 49 heavy (non-hydrogen) atoms. The first-order valence-electron chi connectivity index (χ1n) is 16.4. The number of hydrogen-bond acceptors (Lipinski definition) is 4. The van der Waals surface area contributed by atoms with Crippen LogP contribution in [0.2, 0.25) is 0 Å². The van der Waals surface area contributed by atoms with E-state index in [1.54, 1.807) is 0 Å². The second-order valence-electron chi connectivity index (χ2n) is 12.1. The van der Waals surface area contributed by atoms with Gasteiger partial charge in [-0.05, 0) is 63.7 Å². The first-order valence-corrected chi connectivity index (χ1v) is 16.4. The van der Waals surface area contributed by atoms with Gasteiger partial charge in [-0.3, -0.25) is 0 Å². The molecule has 4 nitrogen and oxygen atoms in total. The summed E-state index contributed by atoms with van der Waals surface area (Å²) in [6.07, 6.45) is 0. The molecule has 0 unspecified atom stereocenters. The Kier molecular flexibility index (Phi) is 7.10. The van der Waals surface area contributed by atoms with Gasteiger partial charge in [0, 0.05) is 27.5 Å². The van der Waals surface area contributed by atoms with Crippen LogP contribution in [0.25, 0.3) is 89.5 Å². The Bertz CT molecular complexity index is 2490. The lowest BCUT2D eigenvalue weighted by Gasteiger charge is -2.12. The van der Waals surface area contributed by atoms with Crippen LogP contribution in [0.15, 0.2) is 180 Å². The van der Waals surface area contributed by atoms with Crippen molar-refractivity contribution in [3.05, 3.63) is 176 Å². The van der Waals surface area contributed by atoms with E-state index in [1.807, 2.05) is 30.3 Å². The average molecular weight is 628 g/mol. The van der Waals surface area contributed by atoms with Crippen LogP contribution in [0, 0.1) is 0 Å². The molecule has 9 rings (SSSR count). The molecule has 230 valence electrons. The highest BCUT2D eigenvalue weighted by Crippen LogP contribution is 2.40. The highest BCUT2D eigenvalue weighted by atomic mass is 16.3. The summed E-state index contributed by atoms with van der Waals surface area (Å²) in [4.78, 5) is 15.4. The van der Waals surface area contributed by atoms with Gasteiger partial charge in [-0.2, -0.15) is 0 Å². The number of rotatable bonds is 6. The summed E-state index contributed by atoms with van der Waals surface area (Å²) in [7, 11) is 0. The molecule has 7 aromatic carbocycles. The molecule has 9 aromatic rings. The van der Waals surface area contributed by atoms with Crippen LogP contribution in [-0.4, -0.2) is 15.0 Å². The smallest absolute Gasteiger partial charge is 0.164 e. The van der Waals surface area contributed by atoms with Crippen molar-refractivity contribution in [2.24, 2.45) is 0 Å². The van der Waals surface area contributed by atoms with Crippen molar-refractivity contribution in [3.63, 3.8) is 0 Å². The molecule has 0 atom stereocenters. The monoisotopic (exact) mass is 627 g/mol. The fraction of sp³-hybridized carbons (Fsp3) is 0. The maximum Gasteiger partial charge on any atom is 0.164 e. The minimum atomic E-state index is 0.578. The van der Waals surface area contributed by atoms with Crippen molar-refractivity contribution in [1.82, 2.24) is 15.0 Å². The SMILES string of the molecule is c1ccc(-c2cccc(-c3nc(-c4cccc(-c5ccccc5)c4)nc(-c4cc(-c5ccccc5)c5c(c4)oc4ccccc45)n3)c2)cc1. The van der Waals surface area contributed by atoms with E-state index in [-0.39, 0.29) is 0 Å². The van der Waals surface area contributed by atoms with Crippen LogP contribution in [0.1, 0.15) is 0 Å². The van der Waals surface area contributed by atoms with Gasteiger partial charge in [0.2, 0.25) is 0 Å². The van der Waals surface area contributed by atoms with E-state index in [0.717, 1.165) is 72.0 Å². The van der Waals surface area contributed by atoms with Crippen LogP contribution in [0.3, 0.4) is 0 Å². The largest absolute Gasteiger partial charge is 0.456 e. The molecular weight excluding hydrogens is 599 g/mol. The third kappa shape index (κ3) is 5.45. The van der Waals surface area contributed by atoms with Crippen molar-refractivity contribution >= 4 is 21.9 Å². The second kappa shape index (κ2) is 12.2. The number of nitrogens with zero attached hydrogens (tertiary/aromatic N) is 3. The summed E-state index contributed by atoms with van der Waals surface area (Å²) >= 11 is 0. The van der Waals surface area contributed by atoms with Gasteiger partial charge in [0.15, 0.2) is 17.5 Å². The molecule has 0 aliphatic rings. The van der Waals surface area contributed by atoms with Crippen molar-refractivity contribution in [3.8, 4) is 67.5 Å². The number of aromatic nitrogens is 3. The summed E-state index contributed by atoms with van der Waals surface area (Å²) < 4.78 is 6.46. The molecule has 0 N–H and O–H groups in total. The fourth-order valence-corrected chi connectivity index (χ4v) is 6.53. The average Bonchev–Trinajstić information content (AvgIpc) is 3.57. The number of fused-ring (bicyclic) bond motifs is 3. The molecule has 0 amide bonds. The molecule has 2 heterocycles. The molecule has 0 aliphatic carbocycles. The summed E-state index contributed by atoms with van der Waals surface area (Å²) in [5, 5.41) is 2.15. The van der Waals surface area contributed by atoms with Crippen LogP contribution in [0.4, 0.5) is 0 Å². The zero-order valence-corrected chi connectivity index (χ0v) is 26.5. The maximum absolute atomic E-state index is 6.46. The van der Waals surface area contributed by atoms with Gasteiger partial charge in [0.25, 0.3) is 0 Å². The summed E-state index contributed by atoms with van der Waals surface area (Å²) in [5.41, 5.74) is 11.0. The topological polar surface area (TPSA) is 51.8 Å². The molecular formula is C45H29N3O. The normalized spacial score (nSPS) is 11.3. The molecule has 2 aromatic heterocycles. The van der Waals surface area contributed by atoms with E-state index >= 15 is 0 Å². The second-order valence-corrected chi connectivity index (χ2v) is 12.1. The Morgan fingerprint density at radius 1 is 0.306 bits per heavy atom. The predicted octanol–water partition coefficient (Wildman–Crippen LogP) is 11.8. The third-order valence-corrected chi connectivity index (χ3v) is 8.91. The van der Waals surface area contributed by atoms with Crippen molar-refractivity contribution < 1.29 is 4.42 Å². The summed E-state index contributed by atoms with van der Waals surface area (Å²) in [6.45, 7) is 0. The molecule has 0 saturated carbocycles. The first-order chi connectivity index (χ1) is 24.3. The van der Waals surface area contributed by atoms with Crippen LogP contribution < -0.4 is 0 Å². The lowest BCUT2D eigenvalue weighted by atomic mass is 9.96. The highest BCUT2D eigenvalue weighted by Gasteiger charge is 2.19. The fourth-order valence-electron chi connectivity index (χ4n) is 6.53. The summed E-state index contributed by atoms with van der Waals surface area (Å²) in [5.74, 6) is 1.79. The van der Waals surface area contributed by atoms with Gasteiger partial charge < -0.3 is 4.42 Å². The van der Waals surface area contributed by atoms with E-state index in [0.29, 0.717) is 17.5 Å². The Balaban J connectivity index is 1.27.